The minimum absolute atomic E-state index is 0.193. The van der Waals surface area contributed by atoms with Crippen LogP contribution < -0.4 is 15.0 Å². The van der Waals surface area contributed by atoms with Gasteiger partial charge in [0.2, 0.25) is 11.8 Å². The van der Waals surface area contributed by atoms with Crippen LogP contribution in [-0.2, 0) is 9.59 Å². The fourth-order valence-electron chi connectivity index (χ4n) is 2.26. The van der Waals surface area contributed by atoms with Gasteiger partial charge in [-0.15, -0.1) is 0 Å². The van der Waals surface area contributed by atoms with E-state index in [0.717, 1.165) is 0 Å². The molecule has 0 unspecified atom stereocenters. The van der Waals surface area contributed by atoms with Crippen molar-refractivity contribution >= 4 is 46.4 Å². The summed E-state index contributed by atoms with van der Waals surface area (Å²) in [6, 6.07) is 12.0. The molecule has 5 nitrogen and oxygen atoms in total. The summed E-state index contributed by atoms with van der Waals surface area (Å²) >= 11 is 12.1. The van der Waals surface area contributed by atoms with Crippen LogP contribution in [0.3, 0.4) is 0 Å². The second kappa shape index (κ2) is 8.74. The number of hydrogen-bond acceptors (Lipinski definition) is 3. The van der Waals surface area contributed by atoms with E-state index in [0.29, 0.717) is 33.8 Å². The number of benzene rings is 2. The number of halogens is 2. The molecule has 0 saturated carbocycles. The van der Waals surface area contributed by atoms with Crippen molar-refractivity contribution in [3.8, 4) is 5.75 Å². The molecule has 0 saturated heterocycles. The van der Waals surface area contributed by atoms with Crippen molar-refractivity contribution in [1.29, 1.82) is 0 Å². The zero-order valence-electron chi connectivity index (χ0n) is 13.9. The third-order valence-corrected chi connectivity index (χ3v) is 3.99. The van der Waals surface area contributed by atoms with Crippen molar-refractivity contribution in [3.05, 3.63) is 52.5 Å². The van der Waals surface area contributed by atoms with Crippen LogP contribution in [0.1, 0.15) is 13.8 Å². The first-order valence-corrected chi connectivity index (χ1v) is 8.43. The second-order valence-corrected chi connectivity index (χ2v) is 5.97. The van der Waals surface area contributed by atoms with E-state index < -0.39 is 5.91 Å². The number of rotatable bonds is 6. The summed E-state index contributed by atoms with van der Waals surface area (Å²) in [5.74, 6) is -0.173. The van der Waals surface area contributed by atoms with Gasteiger partial charge >= 0.3 is 0 Å². The molecular formula is C18H18Cl2N2O3. The molecule has 132 valence electrons. The number of ether oxygens (including phenoxy) is 1. The average molecular weight is 381 g/mol. The van der Waals surface area contributed by atoms with E-state index in [1.807, 2.05) is 6.92 Å². The highest BCUT2D eigenvalue weighted by Gasteiger charge is 2.20. The fraction of sp³-hybridized carbons (Fsp3) is 0.222. The standard InChI is InChI=1S/C18H18Cl2N2O3/c1-3-25-16-10-5-4-9-15(16)22(12(2)23)11-17(24)21-18-13(19)7-6-8-14(18)20/h4-10H,3,11H2,1-2H3,(H,21,24). The zero-order chi connectivity index (χ0) is 18.4. The van der Waals surface area contributed by atoms with Gasteiger partial charge in [0, 0.05) is 6.92 Å². The summed E-state index contributed by atoms with van der Waals surface area (Å²) in [6.07, 6.45) is 0. The molecule has 2 aromatic carbocycles. The smallest absolute Gasteiger partial charge is 0.244 e. The predicted molar refractivity (Wildman–Crippen MR) is 101 cm³/mol. The van der Waals surface area contributed by atoms with Gasteiger partial charge < -0.3 is 10.1 Å². The third kappa shape index (κ3) is 4.87. The van der Waals surface area contributed by atoms with Crippen LogP contribution in [-0.4, -0.2) is 25.0 Å². The van der Waals surface area contributed by atoms with Gasteiger partial charge in [-0.05, 0) is 31.2 Å². The molecule has 0 aliphatic rings. The highest BCUT2D eigenvalue weighted by atomic mass is 35.5. The molecule has 25 heavy (non-hydrogen) atoms. The Balaban J connectivity index is 2.22. The summed E-state index contributed by atoms with van der Waals surface area (Å²) in [4.78, 5) is 25.8. The Kier molecular flexibility index (Phi) is 6.67. The van der Waals surface area contributed by atoms with Crippen molar-refractivity contribution in [2.24, 2.45) is 0 Å². The number of nitrogens with one attached hydrogen (secondary N) is 1. The number of anilines is 2. The van der Waals surface area contributed by atoms with Crippen LogP contribution in [0, 0.1) is 0 Å². The predicted octanol–water partition coefficient (Wildman–Crippen LogP) is 4.38. The number of para-hydroxylation sites is 3. The topological polar surface area (TPSA) is 58.6 Å². The first-order valence-electron chi connectivity index (χ1n) is 7.67. The van der Waals surface area contributed by atoms with E-state index >= 15 is 0 Å². The van der Waals surface area contributed by atoms with Gasteiger partial charge in [-0.1, -0.05) is 41.4 Å². The molecule has 1 N–H and O–H groups in total. The summed E-state index contributed by atoms with van der Waals surface area (Å²) in [5.41, 5.74) is 0.842. The Morgan fingerprint density at radius 1 is 1.08 bits per heavy atom. The molecular weight excluding hydrogens is 363 g/mol. The van der Waals surface area contributed by atoms with Crippen molar-refractivity contribution < 1.29 is 14.3 Å². The van der Waals surface area contributed by atoms with Crippen molar-refractivity contribution in [2.45, 2.75) is 13.8 Å². The molecule has 0 radical (unpaired) electrons. The fourth-order valence-corrected chi connectivity index (χ4v) is 2.76. The minimum Gasteiger partial charge on any atom is -0.492 e. The van der Waals surface area contributed by atoms with Crippen LogP contribution in [0.4, 0.5) is 11.4 Å². The lowest BCUT2D eigenvalue weighted by molar-refractivity contribution is -0.120. The van der Waals surface area contributed by atoms with Crippen LogP contribution in [0.5, 0.6) is 5.75 Å². The van der Waals surface area contributed by atoms with Gasteiger partial charge in [0.15, 0.2) is 0 Å². The number of amides is 2. The van der Waals surface area contributed by atoms with E-state index in [4.69, 9.17) is 27.9 Å². The van der Waals surface area contributed by atoms with Crippen molar-refractivity contribution in [3.63, 3.8) is 0 Å². The Labute approximate surface area is 156 Å². The molecule has 2 rings (SSSR count). The molecule has 0 spiro atoms. The maximum absolute atomic E-state index is 12.4. The van der Waals surface area contributed by atoms with E-state index in [1.165, 1.54) is 11.8 Å². The van der Waals surface area contributed by atoms with Gasteiger partial charge in [0.1, 0.15) is 12.3 Å². The van der Waals surface area contributed by atoms with E-state index in [9.17, 15) is 9.59 Å². The first kappa shape index (κ1) is 19.1. The number of carbonyl (C=O) groups is 2. The van der Waals surface area contributed by atoms with Gasteiger partial charge in [-0.25, -0.2) is 0 Å². The van der Waals surface area contributed by atoms with Crippen LogP contribution in [0.25, 0.3) is 0 Å². The maximum atomic E-state index is 12.4. The van der Waals surface area contributed by atoms with Gasteiger partial charge in [0.05, 0.1) is 28.0 Å². The molecule has 2 amide bonds. The van der Waals surface area contributed by atoms with Crippen LogP contribution in [0.2, 0.25) is 10.0 Å². The molecule has 0 aliphatic carbocycles. The quantitative estimate of drug-likeness (QED) is 0.808. The highest BCUT2D eigenvalue weighted by Crippen LogP contribution is 2.31. The summed E-state index contributed by atoms with van der Waals surface area (Å²) in [6.45, 7) is 3.49. The van der Waals surface area contributed by atoms with Gasteiger partial charge in [-0.3, -0.25) is 14.5 Å². The average Bonchev–Trinajstić information content (AvgIpc) is 2.57. The summed E-state index contributed by atoms with van der Waals surface area (Å²) < 4.78 is 5.54. The lowest BCUT2D eigenvalue weighted by Crippen LogP contribution is -2.37. The summed E-state index contributed by atoms with van der Waals surface area (Å²) in [5, 5.41) is 3.30. The van der Waals surface area contributed by atoms with Crippen LogP contribution >= 0.6 is 23.2 Å². The minimum atomic E-state index is -0.420. The normalized spacial score (nSPS) is 10.2. The van der Waals surface area contributed by atoms with Crippen molar-refractivity contribution in [1.82, 2.24) is 0 Å². The van der Waals surface area contributed by atoms with Crippen molar-refractivity contribution in [2.75, 3.05) is 23.4 Å². The molecule has 0 bridgehead atoms. The Hall–Kier alpha value is -2.24. The zero-order valence-corrected chi connectivity index (χ0v) is 15.4. The summed E-state index contributed by atoms with van der Waals surface area (Å²) in [7, 11) is 0. The Morgan fingerprint density at radius 3 is 2.32 bits per heavy atom. The number of nitrogens with zero attached hydrogens (tertiary/aromatic N) is 1. The molecule has 7 heteroatoms. The molecule has 0 fully saturated rings. The number of hydrogen-bond donors (Lipinski definition) is 1. The van der Waals surface area contributed by atoms with Gasteiger partial charge in [-0.2, -0.15) is 0 Å². The molecule has 2 aromatic rings. The maximum Gasteiger partial charge on any atom is 0.244 e. The molecule has 0 heterocycles. The monoisotopic (exact) mass is 380 g/mol. The second-order valence-electron chi connectivity index (χ2n) is 5.15. The lowest BCUT2D eigenvalue weighted by Gasteiger charge is -2.23. The Bertz CT molecular complexity index is 760. The van der Waals surface area contributed by atoms with Gasteiger partial charge in [0.25, 0.3) is 0 Å². The Morgan fingerprint density at radius 2 is 1.72 bits per heavy atom. The van der Waals surface area contributed by atoms with E-state index in [1.54, 1.807) is 42.5 Å². The molecule has 0 aromatic heterocycles. The first-order chi connectivity index (χ1) is 11.9. The number of carbonyl (C=O) groups excluding carboxylic acids is 2. The van der Waals surface area contributed by atoms with Crippen LogP contribution in [0.15, 0.2) is 42.5 Å². The largest absolute Gasteiger partial charge is 0.492 e. The lowest BCUT2D eigenvalue weighted by atomic mass is 10.2. The van der Waals surface area contributed by atoms with E-state index in [-0.39, 0.29) is 12.5 Å². The molecule has 0 atom stereocenters. The molecule has 0 aliphatic heterocycles. The SMILES string of the molecule is CCOc1ccccc1N(CC(=O)Nc1c(Cl)cccc1Cl)C(C)=O. The van der Waals surface area contributed by atoms with E-state index in [2.05, 4.69) is 5.32 Å². The highest BCUT2D eigenvalue weighted by molar-refractivity contribution is 6.39. The third-order valence-electron chi connectivity index (χ3n) is 3.36.